The van der Waals surface area contributed by atoms with Crippen molar-refractivity contribution in [2.24, 2.45) is 0 Å². The standard InChI is InChI=1S/C38H34FNO/c1-37(2)20-21-38(3,4)34-24-36-32(23-33(34)37)31-22-30(18-19-35(31)41-36)40(29-16-12-27(39)13-17-29)28-14-10-26(11-15-28)25-8-6-5-7-9-25/h5-19,22-24H,20-21H2,1-4H3. The highest BCUT2D eigenvalue weighted by atomic mass is 19.1. The third-order valence-electron chi connectivity index (χ3n) is 9.00. The first-order chi connectivity index (χ1) is 19.7. The summed E-state index contributed by atoms with van der Waals surface area (Å²) >= 11 is 0. The molecule has 0 atom stereocenters. The van der Waals surface area contributed by atoms with Crippen molar-refractivity contribution < 1.29 is 8.81 Å². The third kappa shape index (κ3) is 4.41. The van der Waals surface area contributed by atoms with Gasteiger partial charge in [0.25, 0.3) is 0 Å². The van der Waals surface area contributed by atoms with Gasteiger partial charge in [0, 0.05) is 27.8 Å². The van der Waals surface area contributed by atoms with Gasteiger partial charge in [-0.2, -0.15) is 0 Å². The van der Waals surface area contributed by atoms with E-state index in [1.807, 2.05) is 18.2 Å². The molecule has 0 bridgehead atoms. The number of halogens is 1. The average molecular weight is 540 g/mol. The third-order valence-corrected chi connectivity index (χ3v) is 9.00. The number of fused-ring (bicyclic) bond motifs is 4. The first-order valence-corrected chi connectivity index (χ1v) is 14.4. The summed E-state index contributed by atoms with van der Waals surface area (Å²) in [6.45, 7) is 9.40. The Labute approximate surface area is 241 Å². The molecule has 0 N–H and O–H groups in total. The minimum absolute atomic E-state index is 0.112. The maximum Gasteiger partial charge on any atom is 0.135 e. The highest BCUT2D eigenvalue weighted by molar-refractivity contribution is 6.07. The van der Waals surface area contributed by atoms with Crippen LogP contribution >= 0.6 is 0 Å². The van der Waals surface area contributed by atoms with E-state index >= 15 is 0 Å². The van der Waals surface area contributed by atoms with Gasteiger partial charge in [-0.15, -0.1) is 0 Å². The van der Waals surface area contributed by atoms with E-state index in [1.165, 1.54) is 35.2 Å². The predicted molar refractivity (Wildman–Crippen MR) is 169 cm³/mol. The van der Waals surface area contributed by atoms with Gasteiger partial charge in [-0.1, -0.05) is 70.2 Å². The lowest BCUT2D eigenvalue weighted by Gasteiger charge is -2.41. The summed E-state index contributed by atoms with van der Waals surface area (Å²) < 4.78 is 20.4. The zero-order valence-corrected chi connectivity index (χ0v) is 24.0. The number of benzene rings is 5. The van der Waals surface area contributed by atoms with Crippen LogP contribution in [0.5, 0.6) is 0 Å². The van der Waals surface area contributed by atoms with Crippen LogP contribution in [0.2, 0.25) is 0 Å². The molecule has 7 rings (SSSR count). The van der Waals surface area contributed by atoms with Crippen molar-refractivity contribution in [2.75, 3.05) is 4.90 Å². The average Bonchev–Trinajstić information content (AvgIpc) is 3.34. The maximum absolute atomic E-state index is 14.0. The van der Waals surface area contributed by atoms with E-state index in [2.05, 4.69) is 111 Å². The van der Waals surface area contributed by atoms with E-state index < -0.39 is 0 Å². The van der Waals surface area contributed by atoms with E-state index in [1.54, 1.807) is 0 Å². The maximum atomic E-state index is 14.0. The molecular formula is C38H34FNO. The van der Waals surface area contributed by atoms with E-state index in [0.717, 1.165) is 51.0 Å². The second kappa shape index (κ2) is 9.34. The number of hydrogen-bond donors (Lipinski definition) is 0. The van der Waals surface area contributed by atoms with Gasteiger partial charge in [0.15, 0.2) is 0 Å². The molecule has 1 heterocycles. The molecular weight excluding hydrogens is 505 g/mol. The molecule has 0 fully saturated rings. The number of furan rings is 1. The van der Waals surface area contributed by atoms with Crippen LogP contribution in [-0.4, -0.2) is 0 Å². The van der Waals surface area contributed by atoms with Crippen molar-refractivity contribution in [2.45, 2.75) is 51.4 Å². The molecule has 3 heteroatoms. The van der Waals surface area contributed by atoms with E-state index in [4.69, 9.17) is 4.42 Å². The Morgan fingerprint density at radius 1 is 0.561 bits per heavy atom. The van der Waals surface area contributed by atoms with Crippen molar-refractivity contribution in [1.29, 1.82) is 0 Å². The predicted octanol–water partition coefficient (Wildman–Crippen LogP) is 11.2. The summed E-state index contributed by atoms with van der Waals surface area (Å²) in [4.78, 5) is 2.18. The van der Waals surface area contributed by atoms with Gasteiger partial charge in [0.1, 0.15) is 17.0 Å². The molecule has 2 nitrogen and oxygen atoms in total. The van der Waals surface area contributed by atoms with Gasteiger partial charge < -0.3 is 9.32 Å². The largest absolute Gasteiger partial charge is 0.456 e. The smallest absolute Gasteiger partial charge is 0.135 e. The summed E-state index contributed by atoms with van der Waals surface area (Å²) in [6, 6.07) is 36.6. The summed E-state index contributed by atoms with van der Waals surface area (Å²) in [7, 11) is 0. The summed E-state index contributed by atoms with van der Waals surface area (Å²) in [5.74, 6) is -0.250. The Kier molecular flexibility index (Phi) is 5.83. The molecule has 0 aliphatic heterocycles. The lowest BCUT2D eigenvalue weighted by Crippen LogP contribution is -2.33. The fourth-order valence-corrected chi connectivity index (χ4v) is 6.43. The van der Waals surface area contributed by atoms with Crippen LogP contribution in [0.25, 0.3) is 33.1 Å². The molecule has 0 spiro atoms. The van der Waals surface area contributed by atoms with Crippen molar-refractivity contribution in [3.8, 4) is 11.1 Å². The van der Waals surface area contributed by atoms with Gasteiger partial charge >= 0.3 is 0 Å². The molecule has 1 aromatic heterocycles. The topological polar surface area (TPSA) is 16.4 Å². The quantitative estimate of drug-likeness (QED) is 0.221. The Morgan fingerprint density at radius 3 is 1.76 bits per heavy atom. The van der Waals surface area contributed by atoms with Crippen LogP contribution in [0.4, 0.5) is 21.5 Å². The Bertz CT molecular complexity index is 1880. The molecule has 1 aliphatic rings. The van der Waals surface area contributed by atoms with Crippen LogP contribution < -0.4 is 4.90 Å². The molecule has 0 radical (unpaired) electrons. The number of nitrogens with zero attached hydrogens (tertiary/aromatic N) is 1. The first-order valence-electron chi connectivity index (χ1n) is 14.4. The van der Waals surface area contributed by atoms with Crippen LogP contribution in [0.1, 0.15) is 51.7 Å². The molecule has 0 saturated carbocycles. The fraction of sp³-hybridized carbons (Fsp3) is 0.211. The zero-order valence-electron chi connectivity index (χ0n) is 24.0. The van der Waals surface area contributed by atoms with Crippen LogP contribution in [0.15, 0.2) is 114 Å². The van der Waals surface area contributed by atoms with Crippen molar-refractivity contribution >= 4 is 39.0 Å². The van der Waals surface area contributed by atoms with Crippen LogP contribution in [0, 0.1) is 5.82 Å². The van der Waals surface area contributed by atoms with Crippen molar-refractivity contribution in [3.63, 3.8) is 0 Å². The Morgan fingerprint density at radius 2 is 1.10 bits per heavy atom. The first kappa shape index (κ1) is 25.6. The van der Waals surface area contributed by atoms with Gasteiger partial charge in [0.2, 0.25) is 0 Å². The summed E-state index contributed by atoms with van der Waals surface area (Å²) in [6.07, 6.45) is 2.33. The lowest BCUT2D eigenvalue weighted by atomic mass is 9.63. The molecule has 41 heavy (non-hydrogen) atoms. The number of hydrogen-bond acceptors (Lipinski definition) is 2. The monoisotopic (exact) mass is 539 g/mol. The van der Waals surface area contributed by atoms with Crippen LogP contribution in [-0.2, 0) is 10.8 Å². The highest BCUT2D eigenvalue weighted by Gasteiger charge is 2.37. The molecule has 204 valence electrons. The molecule has 0 amide bonds. The number of rotatable bonds is 4. The molecule has 1 aliphatic carbocycles. The fourth-order valence-electron chi connectivity index (χ4n) is 6.43. The SMILES string of the molecule is CC1(C)CCC(C)(C)c2cc3c(cc21)oc1ccc(N(c2ccc(F)cc2)c2ccc(-c4ccccc4)cc2)cc13. The van der Waals surface area contributed by atoms with Gasteiger partial charge in [-0.25, -0.2) is 4.39 Å². The van der Waals surface area contributed by atoms with Crippen LogP contribution in [0.3, 0.4) is 0 Å². The second-order valence-electron chi connectivity index (χ2n) is 12.7. The highest BCUT2D eigenvalue weighted by Crippen LogP contribution is 2.48. The summed E-state index contributed by atoms with van der Waals surface area (Å²) in [5.41, 5.74) is 10.1. The minimum Gasteiger partial charge on any atom is -0.456 e. The minimum atomic E-state index is -0.250. The molecule has 0 saturated heterocycles. The summed E-state index contributed by atoms with van der Waals surface area (Å²) in [5, 5.41) is 2.23. The molecule has 5 aromatic carbocycles. The zero-order chi connectivity index (χ0) is 28.4. The van der Waals surface area contributed by atoms with Gasteiger partial charge in [-0.05, 0) is 113 Å². The van der Waals surface area contributed by atoms with Crippen molar-refractivity contribution in [1.82, 2.24) is 0 Å². The van der Waals surface area contributed by atoms with Gasteiger partial charge in [0.05, 0.1) is 0 Å². The molecule has 0 unspecified atom stereocenters. The normalized spacial score (nSPS) is 15.6. The Hall–Kier alpha value is -4.37. The van der Waals surface area contributed by atoms with E-state index in [0.29, 0.717) is 0 Å². The molecule has 6 aromatic rings. The van der Waals surface area contributed by atoms with Crippen molar-refractivity contribution in [3.05, 3.63) is 126 Å². The Balaban J connectivity index is 1.39. The lowest BCUT2D eigenvalue weighted by molar-refractivity contribution is 0.332. The second-order valence-corrected chi connectivity index (χ2v) is 12.7. The number of anilines is 3. The van der Waals surface area contributed by atoms with Gasteiger partial charge in [-0.3, -0.25) is 0 Å². The van der Waals surface area contributed by atoms with E-state index in [-0.39, 0.29) is 16.6 Å². The van der Waals surface area contributed by atoms with E-state index in [9.17, 15) is 4.39 Å².